The average Bonchev–Trinajstić information content (AvgIpc) is 3.23. The maximum absolute atomic E-state index is 12.6. The number of rotatable bonds is 5. The maximum atomic E-state index is 12.6. The molecule has 3 heterocycles. The monoisotopic (exact) mass is 339 g/mol. The highest BCUT2D eigenvalue weighted by Gasteiger charge is 2.46. The Balaban J connectivity index is 1.55. The highest BCUT2D eigenvalue weighted by Crippen LogP contribution is 2.43. The third kappa shape index (κ3) is 3.86. The molecule has 6 heteroatoms. The summed E-state index contributed by atoms with van der Waals surface area (Å²) >= 11 is 0. The number of hydrogen-bond donors (Lipinski definition) is 0. The summed E-state index contributed by atoms with van der Waals surface area (Å²) < 4.78 is 10.7. The van der Waals surface area contributed by atoms with Crippen LogP contribution in [-0.2, 0) is 9.47 Å². The molecule has 0 aliphatic carbocycles. The van der Waals surface area contributed by atoms with Crippen LogP contribution in [0, 0.1) is 5.41 Å². The average molecular weight is 339 g/mol. The summed E-state index contributed by atoms with van der Waals surface area (Å²) in [6.45, 7) is 7.37. The first-order valence-electron chi connectivity index (χ1n) is 9.43. The van der Waals surface area contributed by atoms with Gasteiger partial charge in [0.1, 0.15) is 0 Å². The molecule has 24 heavy (non-hydrogen) atoms. The Bertz CT molecular complexity index is 418. The van der Waals surface area contributed by atoms with Crippen LogP contribution in [0.1, 0.15) is 32.1 Å². The van der Waals surface area contributed by atoms with Crippen LogP contribution in [0.15, 0.2) is 0 Å². The zero-order valence-electron chi connectivity index (χ0n) is 15.3. The fraction of sp³-hybridized carbons (Fsp3) is 0.944. The summed E-state index contributed by atoms with van der Waals surface area (Å²) in [5.41, 5.74) is 0.360. The van der Waals surface area contributed by atoms with Gasteiger partial charge in [-0.15, -0.1) is 0 Å². The van der Waals surface area contributed by atoms with E-state index < -0.39 is 0 Å². The Morgan fingerprint density at radius 3 is 2.33 bits per heavy atom. The van der Waals surface area contributed by atoms with E-state index in [1.807, 2.05) is 4.90 Å². The van der Waals surface area contributed by atoms with Crippen LogP contribution in [0.5, 0.6) is 0 Å². The molecule has 1 unspecified atom stereocenters. The molecular weight excluding hydrogens is 306 g/mol. The van der Waals surface area contributed by atoms with Gasteiger partial charge in [-0.05, 0) is 37.5 Å². The molecule has 1 spiro atoms. The van der Waals surface area contributed by atoms with Crippen LogP contribution in [0.2, 0.25) is 0 Å². The highest BCUT2D eigenvalue weighted by atomic mass is 16.5. The van der Waals surface area contributed by atoms with Gasteiger partial charge in [0.05, 0.1) is 13.2 Å². The number of nitrogens with zero attached hydrogens (tertiary/aromatic N) is 3. The first-order valence-corrected chi connectivity index (χ1v) is 9.43. The molecule has 2 amide bonds. The van der Waals surface area contributed by atoms with Crippen molar-refractivity contribution in [1.29, 1.82) is 0 Å². The first-order chi connectivity index (χ1) is 11.7. The third-order valence-corrected chi connectivity index (χ3v) is 6.14. The van der Waals surface area contributed by atoms with Crippen molar-refractivity contribution in [2.75, 3.05) is 66.7 Å². The molecule has 0 bridgehead atoms. The molecule has 3 fully saturated rings. The molecule has 3 aliphatic heterocycles. The van der Waals surface area contributed by atoms with Gasteiger partial charge in [0.15, 0.2) is 0 Å². The lowest BCUT2D eigenvalue weighted by Crippen LogP contribution is -2.48. The predicted molar refractivity (Wildman–Crippen MR) is 93.2 cm³/mol. The van der Waals surface area contributed by atoms with Crippen molar-refractivity contribution in [1.82, 2.24) is 14.7 Å². The van der Waals surface area contributed by atoms with E-state index in [9.17, 15) is 4.79 Å². The molecule has 0 aromatic heterocycles. The van der Waals surface area contributed by atoms with Gasteiger partial charge < -0.3 is 19.3 Å². The zero-order chi connectivity index (χ0) is 17.0. The highest BCUT2D eigenvalue weighted by molar-refractivity contribution is 5.74. The number of methoxy groups -OCH3 is 2. The SMILES string of the molecule is COCCN1CC2(CCN(C(=O)N3CCCC3)CC2)CC1COC. The van der Waals surface area contributed by atoms with Gasteiger partial charge in [0, 0.05) is 59.5 Å². The van der Waals surface area contributed by atoms with E-state index in [4.69, 9.17) is 9.47 Å². The van der Waals surface area contributed by atoms with E-state index in [-0.39, 0.29) is 6.03 Å². The number of carbonyl (C=O) groups is 1. The lowest BCUT2D eigenvalue weighted by molar-refractivity contribution is 0.0869. The van der Waals surface area contributed by atoms with E-state index in [1.54, 1.807) is 14.2 Å². The molecule has 0 radical (unpaired) electrons. The van der Waals surface area contributed by atoms with E-state index in [2.05, 4.69) is 9.80 Å². The van der Waals surface area contributed by atoms with Crippen LogP contribution in [0.4, 0.5) is 4.79 Å². The van der Waals surface area contributed by atoms with Crippen molar-refractivity contribution in [3.8, 4) is 0 Å². The largest absolute Gasteiger partial charge is 0.383 e. The molecule has 0 N–H and O–H groups in total. The lowest BCUT2D eigenvalue weighted by atomic mass is 9.76. The number of likely N-dealkylation sites (tertiary alicyclic amines) is 3. The van der Waals surface area contributed by atoms with Gasteiger partial charge in [0.2, 0.25) is 0 Å². The van der Waals surface area contributed by atoms with Gasteiger partial charge in [-0.3, -0.25) is 4.90 Å². The Hall–Kier alpha value is -0.850. The Morgan fingerprint density at radius 2 is 1.71 bits per heavy atom. The molecule has 3 aliphatic rings. The van der Waals surface area contributed by atoms with Crippen molar-refractivity contribution in [3.63, 3.8) is 0 Å². The Labute approximate surface area is 146 Å². The molecular formula is C18H33N3O3. The maximum Gasteiger partial charge on any atom is 0.319 e. The van der Waals surface area contributed by atoms with E-state index in [0.29, 0.717) is 11.5 Å². The fourth-order valence-corrected chi connectivity index (χ4v) is 4.72. The number of urea groups is 1. The molecule has 0 saturated carbocycles. The molecule has 6 nitrogen and oxygen atoms in total. The number of amides is 2. The number of ether oxygens (including phenoxy) is 2. The van der Waals surface area contributed by atoms with Gasteiger partial charge >= 0.3 is 6.03 Å². The van der Waals surface area contributed by atoms with Gasteiger partial charge in [-0.25, -0.2) is 4.79 Å². The summed E-state index contributed by atoms with van der Waals surface area (Å²) in [4.78, 5) is 19.2. The molecule has 1 atom stereocenters. The second-order valence-electron chi connectivity index (χ2n) is 7.74. The number of hydrogen-bond acceptors (Lipinski definition) is 4. The van der Waals surface area contributed by atoms with Crippen molar-refractivity contribution in [2.24, 2.45) is 5.41 Å². The van der Waals surface area contributed by atoms with Crippen molar-refractivity contribution in [2.45, 2.75) is 38.1 Å². The Morgan fingerprint density at radius 1 is 1.04 bits per heavy atom. The molecule has 0 aromatic rings. The van der Waals surface area contributed by atoms with Crippen molar-refractivity contribution in [3.05, 3.63) is 0 Å². The predicted octanol–water partition coefficient (Wildman–Crippen LogP) is 1.65. The third-order valence-electron chi connectivity index (χ3n) is 6.14. The van der Waals surface area contributed by atoms with E-state index in [0.717, 1.165) is 78.2 Å². The summed E-state index contributed by atoms with van der Waals surface area (Å²) in [5, 5.41) is 0. The first kappa shape index (κ1) is 18.0. The molecule has 3 rings (SSSR count). The van der Waals surface area contributed by atoms with Crippen LogP contribution in [0.3, 0.4) is 0 Å². The molecule has 3 saturated heterocycles. The van der Waals surface area contributed by atoms with Crippen molar-refractivity contribution >= 4 is 6.03 Å². The van der Waals surface area contributed by atoms with E-state index >= 15 is 0 Å². The smallest absolute Gasteiger partial charge is 0.319 e. The van der Waals surface area contributed by atoms with Crippen LogP contribution in [0.25, 0.3) is 0 Å². The topological polar surface area (TPSA) is 45.2 Å². The number of piperidine rings is 1. The quantitative estimate of drug-likeness (QED) is 0.764. The molecule has 0 aromatic carbocycles. The van der Waals surface area contributed by atoms with E-state index in [1.165, 1.54) is 6.42 Å². The minimum absolute atomic E-state index is 0.269. The zero-order valence-corrected chi connectivity index (χ0v) is 15.3. The van der Waals surface area contributed by atoms with Gasteiger partial charge in [-0.2, -0.15) is 0 Å². The lowest BCUT2D eigenvalue weighted by Gasteiger charge is -2.40. The minimum Gasteiger partial charge on any atom is -0.383 e. The minimum atomic E-state index is 0.269. The normalized spacial score (nSPS) is 27.3. The standard InChI is InChI=1S/C18H33N3O3/c1-23-12-11-21-15-18(13-16(21)14-24-2)5-9-20(10-6-18)17(22)19-7-3-4-8-19/h16H,3-15H2,1-2H3. The van der Waals surface area contributed by atoms with Crippen LogP contribution >= 0.6 is 0 Å². The fourth-order valence-electron chi connectivity index (χ4n) is 4.72. The van der Waals surface area contributed by atoms with Crippen LogP contribution in [-0.4, -0.2) is 93.5 Å². The van der Waals surface area contributed by atoms with Crippen molar-refractivity contribution < 1.29 is 14.3 Å². The summed E-state index contributed by atoms with van der Waals surface area (Å²) in [7, 11) is 3.55. The molecule has 138 valence electrons. The summed E-state index contributed by atoms with van der Waals surface area (Å²) in [5.74, 6) is 0. The summed E-state index contributed by atoms with van der Waals surface area (Å²) in [6.07, 6.45) is 5.76. The van der Waals surface area contributed by atoms with Gasteiger partial charge in [0.25, 0.3) is 0 Å². The van der Waals surface area contributed by atoms with Gasteiger partial charge in [-0.1, -0.05) is 0 Å². The second-order valence-corrected chi connectivity index (χ2v) is 7.74. The Kier molecular flexibility index (Phi) is 6.00. The summed E-state index contributed by atoms with van der Waals surface area (Å²) in [6, 6.07) is 0.760. The van der Waals surface area contributed by atoms with Crippen LogP contribution < -0.4 is 0 Å². The second kappa shape index (κ2) is 8.02. The number of carbonyl (C=O) groups excluding carboxylic acids is 1.